The molecule has 0 saturated heterocycles. The number of ether oxygens (including phenoxy) is 2. The van der Waals surface area contributed by atoms with E-state index in [1.54, 1.807) is 37.3 Å². The van der Waals surface area contributed by atoms with Crippen molar-refractivity contribution in [1.29, 1.82) is 5.26 Å². The Balaban J connectivity index is 1.82. The lowest BCUT2D eigenvalue weighted by Crippen LogP contribution is -2.41. The molecule has 2 amide bonds. The summed E-state index contributed by atoms with van der Waals surface area (Å²) in [6.07, 6.45) is 0.240. The molecule has 2 aromatic rings. The van der Waals surface area contributed by atoms with Crippen LogP contribution in [0.25, 0.3) is 0 Å². The van der Waals surface area contributed by atoms with E-state index >= 15 is 0 Å². The molecule has 0 fully saturated rings. The van der Waals surface area contributed by atoms with Gasteiger partial charge in [-0.3, -0.25) is 9.59 Å². The van der Waals surface area contributed by atoms with Crippen molar-refractivity contribution in [1.82, 2.24) is 4.90 Å². The van der Waals surface area contributed by atoms with Crippen molar-refractivity contribution >= 4 is 11.8 Å². The lowest BCUT2D eigenvalue weighted by Gasteiger charge is -2.24. The minimum Gasteiger partial charge on any atom is -0.490 e. The van der Waals surface area contributed by atoms with Gasteiger partial charge < -0.3 is 9.47 Å². The zero-order valence-corrected chi connectivity index (χ0v) is 15.3. The summed E-state index contributed by atoms with van der Waals surface area (Å²) >= 11 is 0. The highest BCUT2D eigenvalue weighted by atomic mass is 16.5. The second kappa shape index (κ2) is 7.92. The Morgan fingerprint density at radius 3 is 2.33 bits per heavy atom. The monoisotopic (exact) mass is 364 g/mol. The molecule has 0 radical (unpaired) electrons. The molecule has 0 saturated carbocycles. The van der Waals surface area contributed by atoms with Gasteiger partial charge in [-0.05, 0) is 50.1 Å². The lowest BCUT2D eigenvalue weighted by molar-refractivity contribution is 0.0288. The van der Waals surface area contributed by atoms with E-state index in [9.17, 15) is 9.59 Å². The van der Waals surface area contributed by atoms with Crippen molar-refractivity contribution in [3.8, 4) is 17.6 Å². The van der Waals surface area contributed by atoms with Gasteiger partial charge in [0, 0.05) is 6.42 Å². The van der Waals surface area contributed by atoms with Crippen molar-refractivity contribution < 1.29 is 19.1 Å². The van der Waals surface area contributed by atoms with Crippen LogP contribution < -0.4 is 9.47 Å². The van der Waals surface area contributed by atoms with Gasteiger partial charge in [-0.15, -0.1) is 0 Å². The molecule has 27 heavy (non-hydrogen) atoms. The average molecular weight is 364 g/mol. The maximum atomic E-state index is 12.6. The molecule has 1 unspecified atom stereocenters. The van der Waals surface area contributed by atoms with E-state index in [0.717, 1.165) is 10.5 Å². The molecule has 0 N–H and O–H groups in total. The van der Waals surface area contributed by atoms with Crippen LogP contribution in [0.3, 0.4) is 0 Å². The highest BCUT2D eigenvalue weighted by Gasteiger charge is 2.39. The van der Waals surface area contributed by atoms with E-state index < -0.39 is 6.23 Å². The predicted octanol–water partition coefficient (Wildman–Crippen LogP) is 3.56. The molecular weight excluding hydrogens is 344 g/mol. The fraction of sp³-hybridized carbons (Fsp3) is 0.286. The number of nitriles is 1. The van der Waals surface area contributed by atoms with E-state index in [0.29, 0.717) is 42.1 Å². The fourth-order valence-electron chi connectivity index (χ4n) is 3.05. The average Bonchev–Trinajstić information content (AvgIpc) is 2.93. The van der Waals surface area contributed by atoms with Crippen LogP contribution in [0.1, 0.15) is 46.5 Å². The van der Waals surface area contributed by atoms with Crippen LogP contribution in [0.5, 0.6) is 11.5 Å². The van der Waals surface area contributed by atoms with Gasteiger partial charge >= 0.3 is 0 Å². The van der Waals surface area contributed by atoms with Crippen molar-refractivity contribution in [2.24, 2.45) is 0 Å². The second-order valence-electron chi connectivity index (χ2n) is 6.12. The highest BCUT2D eigenvalue weighted by molar-refractivity contribution is 6.21. The van der Waals surface area contributed by atoms with Crippen LogP contribution in [0.15, 0.2) is 42.5 Å². The third-order valence-corrected chi connectivity index (χ3v) is 4.32. The first kappa shape index (κ1) is 18.5. The molecule has 1 aliphatic heterocycles. The molecular formula is C21H20N2O4. The van der Waals surface area contributed by atoms with Crippen molar-refractivity contribution in [3.63, 3.8) is 0 Å². The molecule has 6 nitrogen and oxygen atoms in total. The molecule has 0 spiro atoms. The summed E-state index contributed by atoms with van der Waals surface area (Å²) in [7, 11) is 0. The first-order valence-corrected chi connectivity index (χ1v) is 8.83. The highest BCUT2D eigenvalue weighted by Crippen LogP contribution is 2.32. The number of imide groups is 1. The number of carbonyl (C=O) groups excluding carboxylic acids is 2. The Bertz CT molecular complexity index is 882. The lowest BCUT2D eigenvalue weighted by atomic mass is 10.1. The summed E-state index contributed by atoms with van der Waals surface area (Å²) in [4.78, 5) is 26.3. The number of carbonyl (C=O) groups is 2. The number of rotatable bonds is 7. The van der Waals surface area contributed by atoms with Crippen LogP contribution in [0.2, 0.25) is 0 Å². The molecule has 138 valence electrons. The summed E-state index contributed by atoms with van der Waals surface area (Å²) < 4.78 is 11.5. The predicted molar refractivity (Wildman–Crippen MR) is 98.6 cm³/mol. The minimum absolute atomic E-state index is 0.369. The largest absolute Gasteiger partial charge is 0.490 e. The van der Waals surface area contributed by atoms with Crippen molar-refractivity contribution in [3.05, 3.63) is 59.2 Å². The van der Waals surface area contributed by atoms with Gasteiger partial charge in [0.25, 0.3) is 11.8 Å². The zero-order valence-electron chi connectivity index (χ0n) is 15.3. The van der Waals surface area contributed by atoms with E-state index in [-0.39, 0.29) is 11.8 Å². The molecule has 2 aromatic carbocycles. The zero-order chi connectivity index (χ0) is 19.4. The third-order valence-electron chi connectivity index (χ3n) is 4.32. The van der Waals surface area contributed by atoms with Crippen LogP contribution in [0, 0.1) is 11.3 Å². The number of hydrogen-bond donors (Lipinski definition) is 0. The van der Waals surface area contributed by atoms with Gasteiger partial charge in [-0.2, -0.15) is 5.26 Å². The van der Waals surface area contributed by atoms with Gasteiger partial charge in [0.1, 0.15) is 0 Å². The topological polar surface area (TPSA) is 79.6 Å². The van der Waals surface area contributed by atoms with E-state index in [4.69, 9.17) is 14.7 Å². The maximum Gasteiger partial charge on any atom is 0.264 e. The molecule has 0 aromatic heterocycles. The Hall–Kier alpha value is -3.33. The first-order chi connectivity index (χ1) is 13.1. The molecule has 1 heterocycles. The Kier molecular flexibility index (Phi) is 5.41. The maximum absolute atomic E-state index is 12.6. The number of fused-ring (bicyclic) bond motifs is 1. The smallest absolute Gasteiger partial charge is 0.264 e. The quantitative estimate of drug-likeness (QED) is 0.702. The number of nitrogens with zero attached hydrogens (tertiary/aromatic N) is 2. The molecule has 3 rings (SSSR count). The van der Waals surface area contributed by atoms with E-state index in [2.05, 4.69) is 6.07 Å². The normalized spacial score (nSPS) is 13.9. The van der Waals surface area contributed by atoms with Gasteiger partial charge in [-0.1, -0.05) is 18.2 Å². The summed E-state index contributed by atoms with van der Waals surface area (Å²) in [5.74, 6) is 0.233. The van der Waals surface area contributed by atoms with Gasteiger partial charge in [0.15, 0.2) is 17.7 Å². The van der Waals surface area contributed by atoms with Gasteiger partial charge in [0.05, 0.1) is 23.8 Å². The second-order valence-corrected chi connectivity index (χ2v) is 6.12. The standard InChI is InChI=1S/C21H20N2O4/c1-3-26-19-13-15(7-6-12-22)10-11-18(19)27-14(2)23-20(24)16-8-4-5-9-17(16)21(23)25/h4-5,8-11,13-14H,3,6-7H2,1-2H3. The first-order valence-electron chi connectivity index (χ1n) is 8.83. The number of amides is 2. The summed E-state index contributed by atoms with van der Waals surface area (Å²) in [6, 6.07) is 14.3. The molecule has 1 atom stereocenters. The number of hydrogen-bond acceptors (Lipinski definition) is 5. The molecule has 6 heteroatoms. The van der Waals surface area contributed by atoms with Gasteiger partial charge in [-0.25, -0.2) is 4.90 Å². The van der Waals surface area contributed by atoms with Crippen LogP contribution in [-0.2, 0) is 6.42 Å². The van der Waals surface area contributed by atoms with Crippen molar-refractivity contribution in [2.45, 2.75) is 32.9 Å². The summed E-state index contributed by atoms with van der Waals surface area (Å²) in [6.45, 7) is 3.96. The summed E-state index contributed by atoms with van der Waals surface area (Å²) in [5.41, 5.74) is 1.73. The van der Waals surface area contributed by atoms with Gasteiger partial charge in [0.2, 0.25) is 0 Å². The molecule has 0 aliphatic carbocycles. The third kappa shape index (κ3) is 3.63. The summed E-state index contributed by atoms with van der Waals surface area (Å²) in [5, 5.41) is 8.74. The van der Waals surface area contributed by atoms with Crippen LogP contribution in [0.4, 0.5) is 0 Å². The Morgan fingerprint density at radius 1 is 1.07 bits per heavy atom. The Morgan fingerprint density at radius 2 is 1.74 bits per heavy atom. The van der Waals surface area contributed by atoms with E-state index in [1.165, 1.54) is 0 Å². The molecule has 1 aliphatic rings. The van der Waals surface area contributed by atoms with Crippen LogP contribution >= 0.6 is 0 Å². The van der Waals surface area contributed by atoms with Crippen molar-refractivity contribution in [2.75, 3.05) is 6.61 Å². The van der Waals surface area contributed by atoms with Crippen LogP contribution in [-0.4, -0.2) is 29.5 Å². The number of aryl methyl sites for hydroxylation is 1. The number of benzene rings is 2. The SMILES string of the molecule is CCOc1cc(CCC#N)ccc1OC(C)N1C(=O)c2ccccc2C1=O. The Labute approximate surface area is 157 Å². The minimum atomic E-state index is -0.790. The van der Waals surface area contributed by atoms with E-state index in [1.807, 2.05) is 19.1 Å². The fourth-order valence-corrected chi connectivity index (χ4v) is 3.05. The molecule has 0 bridgehead atoms.